The first-order valence-electron chi connectivity index (χ1n) is 6.77. The van der Waals surface area contributed by atoms with E-state index in [2.05, 4.69) is 13.8 Å². The lowest BCUT2D eigenvalue weighted by atomic mass is 9.83. The fraction of sp³-hybridized carbons (Fsp3) is 0.600. The molecule has 1 aromatic rings. The predicted molar refractivity (Wildman–Crippen MR) is 69.2 cm³/mol. The van der Waals surface area contributed by atoms with Crippen molar-refractivity contribution in [3.63, 3.8) is 0 Å². The minimum Gasteiger partial charge on any atom is -0.487 e. The van der Waals surface area contributed by atoms with Crippen LogP contribution in [-0.4, -0.2) is 10.7 Å². The predicted octanol–water partition coefficient (Wildman–Crippen LogP) is 3.98. The van der Waals surface area contributed by atoms with E-state index in [0.717, 1.165) is 25.7 Å². The van der Waals surface area contributed by atoms with Crippen molar-refractivity contribution in [2.24, 2.45) is 0 Å². The molecule has 1 aromatic carbocycles. The average Bonchev–Trinajstić information content (AvgIpc) is 2.37. The van der Waals surface area contributed by atoms with Gasteiger partial charge in [-0.3, -0.25) is 0 Å². The van der Waals surface area contributed by atoms with Crippen molar-refractivity contribution in [3.8, 4) is 5.75 Å². The van der Waals surface area contributed by atoms with Gasteiger partial charge >= 0.3 is 0 Å². The number of unbranched alkanes of at least 4 members (excludes halogenated alkanes) is 1. The lowest BCUT2D eigenvalue weighted by Crippen LogP contribution is -2.40. The summed E-state index contributed by atoms with van der Waals surface area (Å²) in [5.74, 6) is 0.307. The van der Waals surface area contributed by atoms with Crippen LogP contribution in [0.15, 0.2) is 18.2 Å². The fourth-order valence-corrected chi connectivity index (χ4v) is 2.66. The van der Waals surface area contributed by atoms with Crippen LogP contribution in [0.1, 0.15) is 57.6 Å². The summed E-state index contributed by atoms with van der Waals surface area (Å²) in [5.41, 5.74) is 0.288. The summed E-state index contributed by atoms with van der Waals surface area (Å²) in [6, 6.07) is 4.39. The molecule has 0 bridgehead atoms. The van der Waals surface area contributed by atoms with Gasteiger partial charge in [0, 0.05) is 12.0 Å². The molecule has 100 valence electrons. The van der Waals surface area contributed by atoms with E-state index in [1.807, 2.05) is 0 Å². The van der Waals surface area contributed by atoms with Crippen molar-refractivity contribution < 1.29 is 14.2 Å². The lowest BCUT2D eigenvalue weighted by Gasteiger charge is -2.40. The van der Waals surface area contributed by atoms with E-state index in [0.29, 0.717) is 17.7 Å². The molecule has 0 aromatic heterocycles. The van der Waals surface area contributed by atoms with Crippen LogP contribution in [0.25, 0.3) is 0 Å². The Balaban J connectivity index is 2.27. The first kappa shape index (κ1) is 13.3. The summed E-state index contributed by atoms with van der Waals surface area (Å²) in [4.78, 5) is 0. The molecular weight excluding hydrogens is 231 g/mol. The molecule has 2 nitrogen and oxygen atoms in total. The van der Waals surface area contributed by atoms with Crippen molar-refractivity contribution in [2.75, 3.05) is 0 Å². The van der Waals surface area contributed by atoms with E-state index >= 15 is 0 Å². The molecule has 1 aliphatic rings. The highest BCUT2D eigenvalue weighted by atomic mass is 19.1. The van der Waals surface area contributed by atoms with Crippen LogP contribution in [0.5, 0.6) is 5.75 Å². The number of hydrogen-bond acceptors (Lipinski definition) is 2. The molecule has 0 radical (unpaired) electrons. The van der Waals surface area contributed by atoms with Crippen LogP contribution >= 0.6 is 0 Å². The number of fused-ring (bicyclic) bond motifs is 1. The number of benzene rings is 1. The molecule has 1 heterocycles. The van der Waals surface area contributed by atoms with Crippen molar-refractivity contribution in [3.05, 3.63) is 29.6 Å². The second kappa shape index (κ2) is 5.27. The van der Waals surface area contributed by atoms with Gasteiger partial charge in [-0.15, -0.1) is 0 Å². The van der Waals surface area contributed by atoms with E-state index in [4.69, 9.17) is 4.74 Å². The SMILES string of the molecule is CCCCC1(CC)CC(O)c2cc(F)ccc2O1. The summed E-state index contributed by atoms with van der Waals surface area (Å²) in [6.45, 7) is 4.23. The van der Waals surface area contributed by atoms with Gasteiger partial charge in [0.15, 0.2) is 0 Å². The average molecular weight is 252 g/mol. The zero-order valence-electron chi connectivity index (χ0n) is 11.1. The van der Waals surface area contributed by atoms with E-state index in [1.54, 1.807) is 6.07 Å². The van der Waals surface area contributed by atoms with E-state index in [9.17, 15) is 9.50 Å². The number of aliphatic hydroxyl groups is 1. The second-order valence-electron chi connectivity index (χ2n) is 5.14. The molecule has 2 rings (SSSR count). The van der Waals surface area contributed by atoms with Gasteiger partial charge in [-0.1, -0.05) is 20.3 Å². The minimum atomic E-state index is -0.624. The molecule has 1 N–H and O–H groups in total. The zero-order chi connectivity index (χ0) is 13.2. The standard InChI is InChI=1S/C15H21FO2/c1-3-5-8-15(4-2)10-13(17)12-9-11(16)6-7-14(12)18-15/h6-7,9,13,17H,3-5,8,10H2,1-2H3. The molecule has 2 unspecified atom stereocenters. The van der Waals surface area contributed by atoms with Crippen LogP contribution in [0.3, 0.4) is 0 Å². The molecule has 0 amide bonds. The Morgan fingerprint density at radius 2 is 2.22 bits per heavy atom. The third-order valence-electron chi connectivity index (χ3n) is 3.85. The maximum absolute atomic E-state index is 13.2. The smallest absolute Gasteiger partial charge is 0.126 e. The molecule has 1 aliphatic heterocycles. The number of ether oxygens (including phenoxy) is 1. The van der Waals surface area contributed by atoms with Crippen LogP contribution in [0.2, 0.25) is 0 Å². The molecule has 0 fully saturated rings. The lowest BCUT2D eigenvalue weighted by molar-refractivity contribution is -0.0243. The number of hydrogen-bond donors (Lipinski definition) is 1. The van der Waals surface area contributed by atoms with Gasteiger partial charge in [0.05, 0.1) is 6.10 Å². The Morgan fingerprint density at radius 1 is 1.44 bits per heavy atom. The molecule has 18 heavy (non-hydrogen) atoms. The summed E-state index contributed by atoms with van der Waals surface area (Å²) < 4.78 is 19.2. The number of halogens is 1. The first-order chi connectivity index (χ1) is 8.60. The second-order valence-corrected chi connectivity index (χ2v) is 5.14. The number of rotatable bonds is 4. The minimum absolute atomic E-state index is 0.291. The number of aliphatic hydroxyl groups excluding tert-OH is 1. The van der Waals surface area contributed by atoms with Crippen molar-refractivity contribution in [1.82, 2.24) is 0 Å². The molecule has 0 aliphatic carbocycles. The Morgan fingerprint density at radius 3 is 2.89 bits per heavy atom. The third-order valence-corrected chi connectivity index (χ3v) is 3.85. The van der Waals surface area contributed by atoms with Gasteiger partial charge in [-0.2, -0.15) is 0 Å². The van der Waals surface area contributed by atoms with E-state index in [1.165, 1.54) is 12.1 Å². The molecule has 0 spiro atoms. The van der Waals surface area contributed by atoms with Crippen molar-refractivity contribution >= 4 is 0 Å². The highest BCUT2D eigenvalue weighted by Crippen LogP contribution is 2.43. The van der Waals surface area contributed by atoms with Crippen LogP contribution in [-0.2, 0) is 0 Å². The quantitative estimate of drug-likeness (QED) is 0.878. The zero-order valence-corrected chi connectivity index (χ0v) is 11.1. The van der Waals surface area contributed by atoms with Crippen LogP contribution in [0, 0.1) is 5.82 Å². The molecule has 3 heteroatoms. The Hall–Kier alpha value is -1.09. The molecule has 2 atom stereocenters. The van der Waals surface area contributed by atoms with Gasteiger partial charge in [-0.05, 0) is 37.5 Å². The summed E-state index contributed by atoms with van der Waals surface area (Å²) in [7, 11) is 0. The van der Waals surface area contributed by atoms with Crippen molar-refractivity contribution in [2.45, 2.75) is 57.7 Å². The van der Waals surface area contributed by atoms with Crippen LogP contribution in [0.4, 0.5) is 4.39 Å². The van der Waals surface area contributed by atoms with E-state index < -0.39 is 6.10 Å². The molecule has 0 saturated carbocycles. The summed E-state index contributed by atoms with van der Waals surface area (Å²) >= 11 is 0. The van der Waals surface area contributed by atoms with Gasteiger partial charge in [0.1, 0.15) is 17.2 Å². The topological polar surface area (TPSA) is 29.5 Å². The first-order valence-corrected chi connectivity index (χ1v) is 6.77. The molecular formula is C15H21FO2. The van der Waals surface area contributed by atoms with Crippen molar-refractivity contribution in [1.29, 1.82) is 0 Å². The van der Waals surface area contributed by atoms with Gasteiger partial charge in [-0.25, -0.2) is 4.39 Å². The van der Waals surface area contributed by atoms with E-state index in [-0.39, 0.29) is 11.4 Å². The normalized spacial score (nSPS) is 26.6. The van der Waals surface area contributed by atoms with Gasteiger partial charge < -0.3 is 9.84 Å². The third kappa shape index (κ3) is 2.51. The monoisotopic (exact) mass is 252 g/mol. The Bertz CT molecular complexity index is 419. The highest BCUT2D eigenvalue weighted by molar-refractivity contribution is 5.38. The fourth-order valence-electron chi connectivity index (χ4n) is 2.66. The largest absolute Gasteiger partial charge is 0.487 e. The molecule has 0 saturated heterocycles. The maximum Gasteiger partial charge on any atom is 0.126 e. The summed E-state index contributed by atoms with van der Waals surface area (Å²) in [5, 5.41) is 10.2. The summed E-state index contributed by atoms with van der Waals surface area (Å²) in [6.07, 6.45) is 3.92. The van der Waals surface area contributed by atoms with Crippen LogP contribution < -0.4 is 4.74 Å². The highest BCUT2D eigenvalue weighted by Gasteiger charge is 2.38. The Kier molecular flexibility index (Phi) is 3.91. The van der Waals surface area contributed by atoms with Gasteiger partial charge in [0.25, 0.3) is 0 Å². The maximum atomic E-state index is 13.2. The Labute approximate surface area is 108 Å². The van der Waals surface area contributed by atoms with Gasteiger partial charge in [0.2, 0.25) is 0 Å².